The second-order valence-corrected chi connectivity index (χ2v) is 8.80. The average Bonchev–Trinajstić information content (AvgIpc) is 3.03. The number of hydrogen-bond donors (Lipinski definition) is 1. The fourth-order valence-electron chi connectivity index (χ4n) is 2.73. The van der Waals surface area contributed by atoms with Gasteiger partial charge < -0.3 is 14.8 Å². The molecule has 136 valence electrons. The Kier molecular flexibility index (Phi) is 4.95. The third-order valence-corrected chi connectivity index (χ3v) is 6.10. The molecule has 1 atom stereocenters. The molecule has 1 aliphatic carbocycles. The van der Waals surface area contributed by atoms with Crippen molar-refractivity contribution in [2.45, 2.75) is 46.3 Å². The number of nitrogens with zero attached hydrogens (tertiary/aromatic N) is 4. The Hall–Kier alpha value is -1.76. The largest absolute Gasteiger partial charge is 0.382 e. The van der Waals surface area contributed by atoms with Crippen LogP contribution in [0.15, 0.2) is 18.2 Å². The van der Waals surface area contributed by atoms with Crippen LogP contribution in [0.4, 0.5) is 5.82 Å². The molecule has 25 heavy (non-hydrogen) atoms. The molecule has 9 heteroatoms. The highest BCUT2D eigenvalue weighted by atomic mass is 31.2. The molecule has 8 nitrogen and oxygen atoms in total. The SMILES string of the molecule is CC(C)OP(=O)(CC1C/C1=C/n1cnc2c(N)ncnc21)OC(C)C. The molecule has 0 amide bonds. The van der Waals surface area contributed by atoms with Gasteiger partial charge in [-0.25, -0.2) is 15.0 Å². The molecule has 0 radical (unpaired) electrons. The van der Waals surface area contributed by atoms with Gasteiger partial charge in [0.2, 0.25) is 0 Å². The van der Waals surface area contributed by atoms with Crippen molar-refractivity contribution in [2.24, 2.45) is 5.92 Å². The molecule has 2 aromatic rings. The molecular formula is C16H24N5O3P. The number of rotatable bonds is 7. The number of nitrogens with two attached hydrogens (primary N) is 1. The molecule has 2 heterocycles. The first-order valence-electron chi connectivity index (χ1n) is 8.37. The number of hydrogen-bond acceptors (Lipinski definition) is 7. The first-order chi connectivity index (χ1) is 11.8. The van der Waals surface area contributed by atoms with Crippen molar-refractivity contribution >= 4 is 30.8 Å². The minimum atomic E-state index is -3.12. The monoisotopic (exact) mass is 365 g/mol. The van der Waals surface area contributed by atoms with E-state index in [0.29, 0.717) is 23.1 Å². The van der Waals surface area contributed by atoms with Crippen LogP contribution in [0.25, 0.3) is 17.4 Å². The van der Waals surface area contributed by atoms with Crippen LogP contribution in [-0.2, 0) is 13.6 Å². The molecule has 1 fully saturated rings. The normalized spacial score (nSPS) is 19.4. The summed E-state index contributed by atoms with van der Waals surface area (Å²) in [6.07, 6.45) is 5.99. The molecule has 0 saturated heterocycles. The van der Waals surface area contributed by atoms with Gasteiger partial charge in [-0.15, -0.1) is 0 Å². The molecule has 0 aliphatic heterocycles. The number of aromatic nitrogens is 4. The minimum absolute atomic E-state index is 0.145. The highest BCUT2D eigenvalue weighted by Crippen LogP contribution is 2.57. The summed E-state index contributed by atoms with van der Waals surface area (Å²) in [5.41, 5.74) is 8.20. The summed E-state index contributed by atoms with van der Waals surface area (Å²) < 4.78 is 26.0. The van der Waals surface area contributed by atoms with Crippen LogP contribution in [0.5, 0.6) is 0 Å². The van der Waals surface area contributed by atoms with Crippen LogP contribution in [0.2, 0.25) is 0 Å². The van der Waals surface area contributed by atoms with Crippen LogP contribution >= 0.6 is 7.60 Å². The third-order valence-electron chi connectivity index (χ3n) is 3.73. The molecule has 0 spiro atoms. The van der Waals surface area contributed by atoms with Gasteiger partial charge in [0.1, 0.15) is 12.7 Å². The van der Waals surface area contributed by atoms with E-state index >= 15 is 0 Å². The Balaban J connectivity index is 1.75. The zero-order valence-corrected chi connectivity index (χ0v) is 15.8. The van der Waals surface area contributed by atoms with E-state index in [1.54, 1.807) is 6.33 Å². The fourth-order valence-corrected chi connectivity index (χ4v) is 5.14. The summed E-state index contributed by atoms with van der Waals surface area (Å²) in [5.74, 6) is 0.537. The Morgan fingerprint density at radius 1 is 1.28 bits per heavy atom. The molecule has 2 aromatic heterocycles. The third kappa shape index (κ3) is 4.26. The van der Waals surface area contributed by atoms with Crippen molar-refractivity contribution in [1.29, 1.82) is 0 Å². The van der Waals surface area contributed by atoms with Gasteiger partial charge in [0.15, 0.2) is 17.0 Å². The predicted octanol–water partition coefficient (Wildman–Crippen LogP) is 3.31. The number of imidazole rings is 1. The van der Waals surface area contributed by atoms with Gasteiger partial charge in [-0.3, -0.25) is 9.13 Å². The summed E-state index contributed by atoms with van der Waals surface area (Å²) in [6.45, 7) is 7.45. The Morgan fingerprint density at radius 3 is 2.60 bits per heavy atom. The highest BCUT2D eigenvalue weighted by molar-refractivity contribution is 7.53. The average molecular weight is 365 g/mol. The van der Waals surface area contributed by atoms with Crippen molar-refractivity contribution in [2.75, 3.05) is 11.9 Å². The van der Waals surface area contributed by atoms with E-state index in [1.165, 1.54) is 6.33 Å². The van der Waals surface area contributed by atoms with Crippen molar-refractivity contribution in [3.05, 3.63) is 18.2 Å². The summed E-state index contributed by atoms with van der Waals surface area (Å²) in [6, 6.07) is 0. The van der Waals surface area contributed by atoms with Crippen LogP contribution in [0.1, 0.15) is 34.1 Å². The van der Waals surface area contributed by atoms with Gasteiger partial charge in [0.05, 0.1) is 18.4 Å². The van der Waals surface area contributed by atoms with Gasteiger partial charge in [-0.1, -0.05) is 0 Å². The van der Waals surface area contributed by atoms with E-state index in [2.05, 4.69) is 15.0 Å². The topological polar surface area (TPSA) is 105 Å². The Labute approximate surface area is 147 Å². The lowest BCUT2D eigenvalue weighted by Gasteiger charge is -2.22. The van der Waals surface area contributed by atoms with E-state index in [0.717, 1.165) is 12.0 Å². The molecule has 3 rings (SSSR count). The highest BCUT2D eigenvalue weighted by Gasteiger charge is 2.40. The fraction of sp³-hybridized carbons (Fsp3) is 0.562. The Morgan fingerprint density at radius 2 is 1.96 bits per heavy atom. The van der Waals surface area contributed by atoms with E-state index in [1.807, 2.05) is 38.5 Å². The van der Waals surface area contributed by atoms with Crippen LogP contribution < -0.4 is 5.73 Å². The van der Waals surface area contributed by atoms with Crippen LogP contribution in [0, 0.1) is 5.92 Å². The van der Waals surface area contributed by atoms with Gasteiger partial charge in [0, 0.05) is 6.20 Å². The molecule has 0 bridgehead atoms. The number of fused-ring (bicyclic) bond motifs is 1. The lowest BCUT2D eigenvalue weighted by Crippen LogP contribution is -2.11. The zero-order valence-electron chi connectivity index (χ0n) is 14.9. The van der Waals surface area contributed by atoms with Gasteiger partial charge >= 0.3 is 7.60 Å². The smallest absolute Gasteiger partial charge is 0.331 e. The summed E-state index contributed by atoms with van der Waals surface area (Å²) in [7, 11) is -3.12. The number of anilines is 1. The molecule has 1 saturated carbocycles. The van der Waals surface area contributed by atoms with Gasteiger partial charge in [0.25, 0.3) is 0 Å². The molecule has 1 aliphatic rings. The van der Waals surface area contributed by atoms with Gasteiger partial charge in [-0.05, 0) is 45.6 Å². The Bertz CT molecular complexity index is 831. The summed E-state index contributed by atoms with van der Waals surface area (Å²) >= 11 is 0. The maximum absolute atomic E-state index is 13.0. The molecule has 2 N–H and O–H groups in total. The lowest BCUT2D eigenvalue weighted by molar-refractivity contribution is 0.142. The van der Waals surface area contributed by atoms with Crippen LogP contribution in [0.3, 0.4) is 0 Å². The summed E-state index contributed by atoms with van der Waals surface area (Å²) in [4.78, 5) is 12.4. The van der Waals surface area contributed by atoms with Crippen molar-refractivity contribution in [3.8, 4) is 0 Å². The van der Waals surface area contributed by atoms with E-state index < -0.39 is 7.60 Å². The van der Waals surface area contributed by atoms with Crippen molar-refractivity contribution in [3.63, 3.8) is 0 Å². The number of nitrogen functional groups attached to an aromatic ring is 1. The second-order valence-electron chi connectivity index (χ2n) is 6.79. The first-order valence-corrected chi connectivity index (χ1v) is 10.1. The summed E-state index contributed by atoms with van der Waals surface area (Å²) in [5, 5.41) is 0. The van der Waals surface area contributed by atoms with Gasteiger partial charge in [-0.2, -0.15) is 0 Å². The maximum atomic E-state index is 13.0. The standard InChI is InChI=1S/C16H24N5O3P/c1-10(2)23-25(22,24-11(3)4)7-13-5-12(13)6-21-9-20-14-15(17)18-8-19-16(14)21/h6,8-11,13H,5,7H2,1-4H3,(H2,17,18,19)/b12-6-. The van der Waals surface area contributed by atoms with E-state index in [9.17, 15) is 4.57 Å². The quantitative estimate of drug-likeness (QED) is 0.750. The molecular weight excluding hydrogens is 341 g/mol. The lowest BCUT2D eigenvalue weighted by atomic mass is 10.4. The van der Waals surface area contributed by atoms with E-state index in [-0.39, 0.29) is 18.1 Å². The molecule has 1 unspecified atom stereocenters. The minimum Gasteiger partial charge on any atom is -0.382 e. The van der Waals surface area contributed by atoms with E-state index in [4.69, 9.17) is 14.8 Å². The predicted molar refractivity (Wildman–Crippen MR) is 97.0 cm³/mol. The molecule has 0 aromatic carbocycles. The zero-order chi connectivity index (χ0) is 18.2. The van der Waals surface area contributed by atoms with Crippen molar-refractivity contribution < 1.29 is 13.6 Å². The van der Waals surface area contributed by atoms with Crippen molar-refractivity contribution in [1.82, 2.24) is 19.5 Å². The maximum Gasteiger partial charge on any atom is 0.331 e. The second kappa shape index (κ2) is 6.86. The first kappa shape index (κ1) is 18.0. The number of allylic oxidation sites excluding steroid dienone is 1. The van der Waals surface area contributed by atoms with Crippen LogP contribution in [-0.4, -0.2) is 37.9 Å².